The maximum atomic E-state index is 13.3. The summed E-state index contributed by atoms with van der Waals surface area (Å²) in [5.74, 6) is -0.385. The Morgan fingerprint density at radius 1 is 1.14 bits per heavy atom. The molecule has 3 aromatic rings. The van der Waals surface area contributed by atoms with Crippen LogP contribution in [0.2, 0.25) is 0 Å². The number of benzene rings is 1. The molecule has 0 bridgehead atoms. The second-order valence-electron chi connectivity index (χ2n) is 4.90. The molecule has 0 saturated carbocycles. The van der Waals surface area contributed by atoms with Crippen molar-refractivity contribution in [2.45, 2.75) is 0 Å². The number of anilines is 2. The SMILES string of the molecule is Cn1c(=O)c2c(Nc3cccc(F)c3)ccnc2n(C)c1=O. The van der Waals surface area contributed by atoms with Crippen molar-refractivity contribution in [2.75, 3.05) is 5.32 Å². The minimum atomic E-state index is -0.454. The molecule has 0 aliphatic rings. The standard InChI is InChI=1S/C15H13FN4O2/c1-19-13-12(14(21)20(2)15(19)22)11(6-7-17-13)18-10-5-3-4-9(16)8-10/h3-8H,1-2H3,(H,17,18). The fraction of sp³-hybridized carbons (Fsp3) is 0.133. The maximum Gasteiger partial charge on any atom is 0.332 e. The normalized spacial score (nSPS) is 10.9. The maximum absolute atomic E-state index is 13.3. The predicted molar refractivity (Wildman–Crippen MR) is 81.9 cm³/mol. The molecule has 1 aromatic carbocycles. The van der Waals surface area contributed by atoms with E-state index in [4.69, 9.17) is 0 Å². The van der Waals surface area contributed by atoms with E-state index in [0.717, 1.165) is 4.57 Å². The van der Waals surface area contributed by atoms with E-state index in [1.165, 1.54) is 29.9 Å². The Balaban J connectivity index is 2.27. The average Bonchev–Trinajstić information content (AvgIpc) is 2.50. The van der Waals surface area contributed by atoms with E-state index in [1.54, 1.807) is 25.2 Å². The average molecular weight is 300 g/mol. The first kappa shape index (κ1) is 14.0. The lowest BCUT2D eigenvalue weighted by atomic mass is 10.2. The van der Waals surface area contributed by atoms with Gasteiger partial charge in [-0.3, -0.25) is 13.9 Å². The molecular weight excluding hydrogens is 287 g/mol. The molecule has 6 nitrogen and oxygen atoms in total. The summed E-state index contributed by atoms with van der Waals surface area (Å²) in [4.78, 5) is 28.4. The summed E-state index contributed by atoms with van der Waals surface area (Å²) < 4.78 is 15.6. The third-order valence-electron chi connectivity index (χ3n) is 3.44. The Morgan fingerprint density at radius 3 is 2.64 bits per heavy atom. The van der Waals surface area contributed by atoms with Gasteiger partial charge in [0.25, 0.3) is 5.56 Å². The number of nitrogens with one attached hydrogen (secondary N) is 1. The number of hydrogen-bond donors (Lipinski definition) is 1. The summed E-state index contributed by atoms with van der Waals surface area (Å²) >= 11 is 0. The zero-order chi connectivity index (χ0) is 15.9. The fourth-order valence-electron chi connectivity index (χ4n) is 2.31. The smallest absolute Gasteiger partial charge is 0.332 e. The number of aromatic nitrogens is 3. The van der Waals surface area contributed by atoms with Crippen molar-refractivity contribution in [2.24, 2.45) is 14.1 Å². The molecule has 0 aliphatic heterocycles. The third kappa shape index (κ3) is 2.16. The molecule has 0 saturated heterocycles. The van der Waals surface area contributed by atoms with Gasteiger partial charge < -0.3 is 5.32 Å². The van der Waals surface area contributed by atoms with Crippen LogP contribution in [-0.2, 0) is 14.1 Å². The second kappa shape index (κ2) is 5.10. The molecule has 2 aromatic heterocycles. The Labute approximate surface area is 124 Å². The molecule has 0 atom stereocenters. The van der Waals surface area contributed by atoms with Crippen molar-refractivity contribution in [1.82, 2.24) is 14.1 Å². The van der Waals surface area contributed by atoms with Crippen LogP contribution >= 0.6 is 0 Å². The molecule has 3 rings (SSSR count). The van der Waals surface area contributed by atoms with Crippen LogP contribution in [0.15, 0.2) is 46.1 Å². The van der Waals surface area contributed by atoms with Crippen molar-refractivity contribution in [1.29, 1.82) is 0 Å². The number of aryl methyl sites for hydroxylation is 1. The van der Waals surface area contributed by atoms with Crippen molar-refractivity contribution in [3.63, 3.8) is 0 Å². The molecule has 0 spiro atoms. The van der Waals surface area contributed by atoms with Gasteiger partial charge >= 0.3 is 5.69 Å². The molecule has 2 heterocycles. The summed E-state index contributed by atoms with van der Waals surface area (Å²) in [7, 11) is 2.95. The first-order valence-corrected chi connectivity index (χ1v) is 6.56. The van der Waals surface area contributed by atoms with E-state index in [9.17, 15) is 14.0 Å². The van der Waals surface area contributed by atoms with Gasteiger partial charge in [-0.2, -0.15) is 0 Å². The van der Waals surface area contributed by atoms with Crippen LogP contribution in [0, 0.1) is 5.82 Å². The third-order valence-corrected chi connectivity index (χ3v) is 3.44. The highest BCUT2D eigenvalue weighted by molar-refractivity contribution is 5.90. The van der Waals surface area contributed by atoms with E-state index in [0.29, 0.717) is 11.4 Å². The lowest BCUT2D eigenvalue weighted by Gasteiger charge is -2.12. The zero-order valence-electron chi connectivity index (χ0n) is 12.0. The monoisotopic (exact) mass is 300 g/mol. The van der Waals surface area contributed by atoms with Crippen molar-refractivity contribution < 1.29 is 4.39 Å². The Hall–Kier alpha value is -2.96. The minimum absolute atomic E-state index is 0.273. The van der Waals surface area contributed by atoms with Gasteiger partial charge in [0, 0.05) is 26.0 Å². The van der Waals surface area contributed by atoms with Crippen LogP contribution in [0.25, 0.3) is 11.0 Å². The lowest BCUT2D eigenvalue weighted by molar-refractivity contribution is 0.628. The molecule has 0 radical (unpaired) electrons. The van der Waals surface area contributed by atoms with Gasteiger partial charge in [0.05, 0.1) is 5.69 Å². The van der Waals surface area contributed by atoms with Crippen LogP contribution < -0.4 is 16.6 Å². The highest BCUT2D eigenvalue weighted by Gasteiger charge is 2.13. The minimum Gasteiger partial charge on any atom is -0.355 e. The quantitative estimate of drug-likeness (QED) is 0.779. The molecule has 0 fully saturated rings. The van der Waals surface area contributed by atoms with Crippen molar-refractivity contribution in [3.05, 3.63) is 63.2 Å². The van der Waals surface area contributed by atoms with Crippen LogP contribution in [0.4, 0.5) is 15.8 Å². The first-order valence-electron chi connectivity index (χ1n) is 6.56. The van der Waals surface area contributed by atoms with E-state index < -0.39 is 11.2 Å². The zero-order valence-corrected chi connectivity index (χ0v) is 12.0. The Morgan fingerprint density at radius 2 is 1.91 bits per heavy atom. The molecule has 22 heavy (non-hydrogen) atoms. The van der Waals surface area contributed by atoms with E-state index in [1.807, 2.05) is 0 Å². The Kier molecular flexibility index (Phi) is 3.25. The number of pyridine rings is 1. The molecule has 0 aliphatic carbocycles. The van der Waals surface area contributed by atoms with Gasteiger partial charge in [-0.05, 0) is 24.3 Å². The van der Waals surface area contributed by atoms with E-state index in [2.05, 4.69) is 10.3 Å². The number of hydrogen-bond acceptors (Lipinski definition) is 4. The summed E-state index contributed by atoms with van der Waals surface area (Å²) in [5, 5.41) is 3.27. The lowest BCUT2D eigenvalue weighted by Crippen LogP contribution is -2.37. The molecule has 112 valence electrons. The van der Waals surface area contributed by atoms with Crippen LogP contribution in [0.1, 0.15) is 0 Å². The highest BCUT2D eigenvalue weighted by atomic mass is 19.1. The molecular formula is C15H13FN4O2. The van der Waals surface area contributed by atoms with Gasteiger partial charge in [0.2, 0.25) is 0 Å². The van der Waals surface area contributed by atoms with E-state index >= 15 is 0 Å². The topological polar surface area (TPSA) is 68.9 Å². The molecule has 0 amide bonds. The van der Waals surface area contributed by atoms with E-state index in [-0.39, 0.29) is 16.9 Å². The van der Waals surface area contributed by atoms with Crippen molar-refractivity contribution in [3.8, 4) is 0 Å². The van der Waals surface area contributed by atoms with Gasteiger partial charge in [0.1, 0.15) is 11.2 Å². The largest absolute Gasteiger partial charge is 0.355 e. The summed E-state index contributed by atoms with van der Waals surface area (Å²) in [6, 6.07) is 7.51. The van der Waals surface area contributed by atoms with Crippen molar-refractivity contribution >= 4 is 22.4 Å². The van der Waals surface area contributed by atoms with Gasteiger partial charge in [0.15, 0.2) is 5.65 Å². The number of fused-ring (bicyclic) bond motifs is 1. The van der Waals surface area contributed by atoms with Gasteiger partial charge in [-0.25, -0.2) is 14.2 Å². The Bertz CT molecular complexity index is 991. The van der Waals surface area contributed by atoms with Gasteiger partial charge in [-0.15, -0.1) is 0 Å². The second-order valence-corrected chi connectivity index (χ2v) is 4.90. The molecule has 0 unspecified atom stereocenters. The number of nitrogens with zero attached hydrogens (tertiary/aromatic N) is 3. The number of halogens is 1. The van der Waals surface area contributed by atoms with Crippen LogP contribution in [0.3, 0.4) is 0 Å². The summed E-state index contributed by atoms with van der Waals surface area (Å²) in [6.45, 7) is 0. The van der Waals surface area contributed by atoms with Crippen LogP contribution in [-0.4, -0.2) is 14.1 Å². The number of rotatable bonds is 2. The molecule has 7 heteroatoms. The summed E-state index contributed by atoms with van der Waals surface area (Å²) in [6.07, 6.45) is 1.49. The molecule has 1 N–H and O–H groups in total. The first-order chi connectivity index (χ1) is 10.5. The van der Waals surface area contributed by atoms with Gasteiger partial charge in [-0.1, -0.05) is 6.07 Å². The highest BCUT2D eigenvalue weighted by Crippen LogP contribution is 2.22. The van der Waals surface area contributed by atoms with Crippen LogP contribution in [0.5, 0.6) is 0 Å². The fourth-order valence-corrected chi connectivity index (χ4v) is 2.31. The predicted octanol–water partition coefficient (Wildman–Crippen LogP) is 1.51. The summed E-state index contributed by atoms with van der Waals surface area (Å²) in [5.41, 5.74) is 0.336.